The van der Waals surface area contributed by atoms with Crippen LogP contribution in [0.15, 0.2) is 42.5 Å². The number of nitrogens with two attached hydrogens (primary N) is 1. The predicted octanol–water partition coefficient (Wildman–Crippen LogP) is 3.62. The fourth-order valence-corrected chi connectivity index (χ4v) is 2.53. The number of anilines is 1. The van der Waals surface area contributed by atoms with Crippen LogP contribution in [0.5, 0.6) is 0 Å². The number of hydrogen-bond donors (Lipinski definition) is 1. The Labute approximate surface area is 124 Å². The quantitative estimate of drug-likeness (QED) is 0.912. The van der Waals surface area contributed by atoms with E-state index in [1.54, 1.807) is 12.1 Å². The Morgan fingerprint density at radius 3 is 2.60 bits per heavy atom. The van der Waals surface area contributed by atoms with Crippen molar-refractivity contribution in [2.75, 3.05) is 18.5 Å². The number of benzene rings is 2. The smallest absolute Gasteiger partial charge is 0.128 e. The second kappa shape index (κ2) is 6.73. The van der Waals surface area contributed by atoms with Crippen molar-refractivity contribution < 1.29 is 4.39 Å². The molecule has 2 nitrogen and oxygen atoms in total. The molecular weight excluding hydrogens is 275 g/mol. The van der Waals surface area contributed by atoms with E-state index in [1.807, 2.05) is 36.2 Å². The van der Waals surface area contributed by atoms with Crippen molar-refractivity contribution >= 4 is 17.3 Å². The highest BCUT2D eigenvalue weighted by Gasteiger charge is 2.12. The maximum Gasteiger partial charge on any atom is 0.128 e. The van der Waals surface area contributed by atoms with Crippen LogP contribution in [-0.4, -0.2) is 13.6 Å². The van der Waals surface area contributed by atoms with E-state index in [0.29, 0.717) is 30.1 Å². The Kier molecular flexibility index (Phi) is 4.99. The molecule has 4 heteroatoms. The lowest BCUT2D eigenvalue weighted by Crippen LogP contribution is -2.19. The Morgan fingerprint density at radius 1 is 1.15 bits per heavy atom. The van der Waals surface area contributed by atoms with E-state index in [4.69, 9.17) is 17.3 Å². The first-order chi connectivity index (χ1) is 9.63. The third-order valence-electron chi connectivity index (χ3n) is 3.27. The van der Waals surface area contributed by atoms with Gasteiger partial charge in [-0.2, -0.15) is 0 Å². The fraction of sp³-hybridized carbons (Fsp3) is 0.250. The summed E-state index contributed by atoms with van der Waals surface area (Å²) in [6, 6.07) is 12.5. The second-order valence-corrected chi connectivity index (χ2v) is 5.13. The molecule has 0 aliphatic heterocycles. The Hall–Kier alpha value is -1.58. The summed E-state index contributed by atoms with van der Waals surface area (Å²) < 4.78 is 13.7. The van der Waals surface area contributed by atoms with Gasteiger partial charge in [0.1, 0.15) is 5.82 Å². The number of halogens is 2. The lowest BCUT2D eigenvalue weighted by Gasteiger charge is -2.23. The summed E-state index contributed by atoms with van der Waals surface area (Å²) in [5, 5.41) is 0.702. The van der Waals surface area contributed by atoms with Gasteiger partial charge in [0.05, 0.1) is 0 Å². The molecule has 0 unspecified atom stereocenters. The summed E-state index contributed by atoms with van der Waals surface area (Å²) >= 11 is 6.23. The zero-order valence-electron chi connectivity index (χ0n) is 11.4. The van der Waals surface area contributed by atoms with Crippen LogP contribution in [0.3, 0.4) is 0 Å². The maximum absolute atomic E-state index is 13.7. The SMILES string of the molecule is CN(Cc1ccccc1F)c1cccc(Cl)c1CCN. The van der Waals surface area contributed by atoms with E-state index >= 15 is 0 Å². The van der Waals surface area contributed by atoms with E-state index in [-0.39, 0.29) is 5.82 Å². The molecular formula is C16H18ClFN2. The molecule has 0 bridgehead atoms. The van der Waals surface area contributed by atoms with Crippen LogP contribution in [0.25, 0.3) is 0 Å². The van der Waals surface area contributed by atoms with Gasteiger partial charge in [-0.15, -0.1) is 0 Å². The van der Waals surface area contributed by atoms with Crippen LogP contribution >= 0.6 is 11.6 Å². The van der Waals surface area contributed by atoms with Crippen molar-refractivity contribution in [2.24, 2.45) is 5.73 Å². The summed E-state index contributed by atoms with van der Waals surface area (Å²) in [5.74, 6) is -0.193. The molecule has 2 aromatic carbocycles. The third kappa shape index (κ3) is 3.30. The van der Waals surface area contributed by atoms with Gasteiger partial charge in [-0.1, -0.05) is 35.9 Å². The first kappa shape index (κ1) is 14.8. The van der Waals surface area contributed by atoms with Crippen molar-refractivity contribution in [2.45, 2.75) is 13.0 Å². The summed E-state index contributed by atoms with van der Waals surface area (Å²) in [6.45, 7) is 1.02. The Balaban J connectivity index is 2.27. The average molecular weight is 293 g/mol. The van der Waals surface area contributed by atoms with Gasteiger partial charge in [0.15, 0.2) is 0 Å². The highest BCUT2D eigenvalue weighted by atomic mass is 35.5. The van der Waals surface area contributed by atoms with Gasteiger partial charge in [-0.25, -0.2) is 4.39 Å². The van der Waals surface area contributed by atoms with Crippen molar-refractivity contribution in [1.82, 2.24) is 0 Å². The van der Waals surface area contributed by atoms with Gasteiger partial charge in [0.2, 0.25) is 0 Å². The molecule has 0 atom stereocenters. The van der Waals surface area contributed by atoms with Gasteiger partial charge in [-0.3, -0.25) is 0 Å². The molecule has 2 aromatic rings. The molecule has 0 radical (unpaired) electrons. The summed E-state index contributed by atoms with van der Waals surface area (Å²) in [4.78, 5) is 2.00. The second-order valence-electron chi connectivity index (χ2n) is 4.72. The number of rotatable bonds is 5. The van der Waals surface area contributed by atoms with Crippen LogP contribution < -0.4 is 10.6 Å². The van der Waals surface area contributed by atoms with Crippen molar-refractivity contribution in [1.29, 1.82) is 0 Å². The molecule has 0 saturated carbocycles. The fourth-order valence-electron chi connectivity index (χ4n) is 2.26. The highest BCUT2D eigenvalue weighted by molar-refractivity contribution is 6.31. The van der Waals surface area contributed by atoms with Crippen molar-refractivity contribution in [3.63, 3.8) is 0 Å². The molecule has 0 fully saturated rings. The highest BCUT2D eigenvalue weighted by Crippen LogP contribution is 2.28. The largest absolute Gasteiger partial charge is 0.370 e. The molecule has 106 valence electrons. The van der Waals surface area contributed by atoms with E-state index in [9.17, 15) is 4.39 Å². The Bertz CT molecular complexity index is 586. The summed E-state index contributed by atoms with van der Waals surface area (Å²) in [7, 11) is 1.93. The van der Waals surface area contributed by atoms with Crippen LogP contribution in [0, 0.1) is 5.82 Å². The van der Waals surface area contributed by atoms with Gasteiger partial charge in [0.25, 0.3) is 0 Å². The standard InChI is InChI=1S/C16H18ClFN2/c1-20(11-12-5-2-3-7-15(12)18)16-8-4-6-14(17)13(16)9-10-19/h2-8H,9-11,19H2,1H3. The molecule has 0 amide bonds. The van der Waals surface area contributed by atoms with Crippen LogP contribution in [0.4, 0.5) is 10.1 Å². The summed E-state index contributed by atoms with van der Waals surface area (Å²) in [6.07, 6.45) is 0.705. The number of hydrogen-bond acceptors (Lipinski definition) is 2. The molecule has 0 saturated heterocycles. The van der Waals surface area contributed by atoms with E-state index < -0.39 is 0 Å². The van der Waals surface area contributed by atoms with Crippen LogP contribution in [0.2, 0.25) is 5.02 Å². The molecule has 0 aliphatic rings. The number of nitrogens with zero attached hydrogens (tertiary/aromatic N) is 1. The minimum absolute atomic E-state index is 0.193. The Morgan fingerprint density at radius 2 is 1.90 bits per heavy atom. The first-order valence-corrected chi connectivity index (χ1v) is 6.93. The van der Waals surface area contributed by atoms with Crippen LogP contribution in [0.1, 0.15) is 11.1 Å². The molecule has 2 rings (SSSR count). The maximum atomic E-state index is 13.7. The zero-order chi connectivity index (χ0) is 14.5. The van der Waals surface area contributed by atoms with Crippen LogP contribution in [-0.2, 0) is 13.0 Å². The lowest BCUT2D eigenvalue weighted by molar-refractivity contribution is 0.608. The lowest BCUT2D eigenvalue weighted by atomic mass is 10.1. The predicted molar refractivity (Wildman–Crippen MR) is 82.7 cm³/mol. The molecule has 0 heterocycles. The topological polar surface area (TPSA) is 29.3 Å². The van der Waals surface area contributed by atoms with E-state index in [2.05, 4.69) is 0 Å². The van der Waals surface area contributed by atoms with Gasteiger partial charge < -0.3 is 10.6 Å². The molecule has 20 heavy (non-hydrogen) atoms. The van der Waals surface area contributed by atoms with Gasteiger partial charge in [-0.05, 0) is 36.7 Å². The molecule has 0 aromatic heterocycles. The first-order valence-electron chi connectivity index (χ1n) is 6.55. The average Bonchev–Trinajstić information content (AvgIpc) is 2.43. The minimum atomic E-state index is -0.193. The van der Waals surface area contributed by atoms with Crippen molar-refractivity contribution in [3.8, 4) is 0 Å². The minimum Gasteiger partial charge on any atom is -0.370 e. The third-order valence-corrected chi connectivity index (χ3v) is 3.62. The molecule has 0 spiro atoms. The van der Waals surface area contributed by atoms with E-state index in [0.717, 1.165) is 11.3 Å². The monoisotopic (exact) mass is 292 g/mol. The van der Waals surface area contributed by atoms with Gasteiger partial charge >= 0.3 is 0 Å². The molecule has 0 aliphatic carbocycles. The van der Waals surface area contributed by atoms with Gasteiger partial charge in [0, 0.05) is 29.9 Å². The molecule has 2 N–H and O–H groups in total. The summed E-state index contributed by atoms with van der Waals surface area (Å²) in [5.41, 5.74) is 8.30. The van der Waals surface area contributed by atoms with Crippen molar-refractivity contribution in [3.05, 3.63) is 64.4 Å². The zero-order valence-corrected chi connectivity index (χ0v) is 12.2. The van der Waals surface area contributed by atoms with E-state index in [1.165, 1.54) is 6.07 Å². The normalized spacial score (nSPS) is 10.6.